The maximum Gasteiger partial charge on any atom is 0.317 e. The minimum absolute atomic E-state index is 0.0156. The summed E-state index contributed by atoms with van der Waals surface area (Å²) in [6.07, 6.45) is 2.94. The first-order chi connectivity index (χ1) is 9.93. The van der Waals surface area contributed by atoms with Gasteiger partial charge >= 0.3 is 12.0 Å². The summed E-state index contributed by atoms with van der Waals surface area (Å²) in [7, 11) is 1.77. The van der Waals surface area contributed by atoms with E-state index in [0.717, 1.165) is 24.1 Å². The molecule has 1 unspecified atom stereocenters. The van der Waals surface area contributed by atoms with Crippen LogP contribution < -0.4 is 5.32 Å². The molecule has 116 valence electrons. The number of carbonyl (C=O) groups is 2. The number of urea groups is 1. The Kier molecular flexibility index (Phi) is 4.88. The topological polar surface area (TPSA) is 69.6 Å². The Morgan fingerprint density at radius 3 is 2.71 bits per heavy atom. The predicted octanol–water partition coefficient (Wildman–Crippen LogP) is 3.10. The lowest BCUT2D eigenvalue weighted by atomic mass is 9.66. The Bertz CT molecular complexity index is 497. The molecule has 2 rings (SSSR count). The summed E-state index contributed by atoms with van der Waals surface area (Å²) in [5, 5.41) is 13.9. The number of thiophene rings is 1. The van der Waals surface area contributed by atoms with Crippen LogP contribution in [0.4, 0.5) is 4.79 Å². The molecule has 0 spiro atoms. The van der Waals surface area contributed by atoms with E-state index in [1.807, 2.05) is 24.4 Å². The summed E-state index contributed by atoms with van der Waals surface area (Å²) >= 11 is 1.63. The standard InChI is InChI=1S/C15H22N2O3S/c1-11(12-5-3-8-21-12)17(2)14(20)16-10-15(6-4-7-15)9-13(18)19/h3,5,8,11H,4,6-7,9-10H2,1-2H3,(H,16,20)(H,18,19). The number of rotatable bonds is 6. The second-order valence-electron chi connectivity index (χ2n) is 5.89. The van der Waals surface area contributed by atoms with Crippen LogP contribution in [0.3, 0.4) is 0 Å². The summed E-state index contributed by atoms with van der Waals surface area (Å²) in [6, 6.07) is 3.85. The quantitative estimate of drug-likeness (QED) is 0.848. The maximum atomic E-state index is 12.2. The van der Waals surface area contributed by atoms with Crippen LogP contribution in [-0.4, -0.2) is 35.6 Å². The van der Waals surface area contributed by atoms with E-state index in [0.29, 0.717) is 6.54 Å². The zero-order chi connectivity index (χ0) is 15.5. The van der Waals surface area contributed by atoms with Crippen LogP contribution in [0, 0.1) is 5.41 Å². The highest BCUT2D eigenvalue weighted by Crippen LogP contribution is 2.43. The molecule has 5 nitrogen and oxygen atoms in total. The third-order valence-corrected chi connectivity index (χ3v) is 5.45. The Balaban J connectivity index is 1.87. The number of aliphatic carboxylic acids is 1. The molecule has 0 radical (unpaired) electrons. The molecule has 0 saturated heterocycles. The minimum atomic E-state index is -0.788. The molecule has 0 aromatic carbocycles. The molecule has 1 aliphatic rings. The van der Waals surface area contributed by atoms with Crippen LogP contribution in [0.25, 0.3) is 0 Å². The van der Waals surface area contributed by atoms with Crippen LogP contribution in [0.5, 0.6) is 0 Å². The Morgan fingerprint density at radius 1 is 1.52 bits per heavy atom. The molecule has 0 aliphatic heterocycles. The highest BCUT2D eigenvalue weighted by atomic mass is 32.1. The lowest BCUT2D eigenvalue weighted by Crippen LogP contribution is -2.47. The van der Waals surface area contributed by atoms with E-state index < -0.39 is 5.97 Å². The fourth-order valence-electron chi connectivity index (χ4n) is 2.70. The number of carboxylic acid groups (broad SMARTS) is 1. The Labute approximate surface area is 129 Å². The number of nitrogens with zero attached hydrogens (tertiary/aromatic N) is 1. The zero-order valence-corrected chi connectivity index (χ0v) is 13.3. The Hall–Kier alpha value is -1.56. The van der Waals surface area contributed by atoms with Crippen LogP contribution in [0.2, 0.25) is 0 Å². The van der Waals surface area contributed by atoms with Gasteiger partial charge in [0.25, 0.3) is 0 Å². The molecular weight excluding hydrogens is 288 g/mol. The number of hydrogen-bond acceptors (Lipinski definition) is 3. The molecule has 1 aromatic rings. The summed E-state index contributed by atoms with van der Waals surface area (Å²) in [5.41, 5.74) is -0.242. The zero-order valence-electron chi connectivity index (χ0n) is 12.5. The summed E-state index contributed by atoms with van der Waals surface area (Å²) in [6.45, 7) is 2.43. The lowest BCUT2D eigenvalue weighted by molar-refractivity contribution is -0.141. The van der Waals surface area contributed by atoms with Gasteiger partial charge in [0.1, 0.15) is 0 Å². The molecule has 1 aromatic heterocycles. The van der Waals surface area contributed by atoms with Crippen molar-refractivity contribution < 1.29 is 14.7 Å². The van der Waals surface area contributed by atoms with Gasteiger partial charge in [-0.05, 0) is 36.6 Å². The highest BCUT2D eigenvalue weighted by molar-refractivity contribution is 7.10. The summed E-state index contributed by atoms with van der Waals surface area (Å²) < 4.78 is 0. The first kappa shape index (κ1) is 15.8. The van der Waals surface area contributed by atoms with Crippen LogP contribution in [0.1, 0.15) is 43.5 Å². The SMILES string of the molecule is CC(c1cccs1)N(C)C(=O)NCC1(CC(=O)O)CCC1. The van der Waals surface area contributed by atoms with Gasteiger partial charge in [0.05, 0.1) is 12.5 Å². The monoisotopic (exact) mass is 310 g/mol. The molecule has 1 atom stereocenters. The van der Waals surface area contributed by atoms with Crippen LogP contribution in [-0.2, 0) is 4.79 Å². The maximum absolute atomic E-state index is 12.2. The van der Waals surface area contributed by atoms with Crippen molar-refractivity contribution in [2.45, 2.75) is 38.6 Å². The van der Waals surface area contributed by atoms with E-state index in [9.17, 15) is 9.59 Å². The van der Waals surface area contributed by atoms with Crippen molar-refractivity contribution in [2.75, 3.05) is 13.6 Å². The molecule has 1 heterocycles. The van der Waals surface area contributed by atoms with E-state index in [1.165, 1.54) is 0 Å². The van der Waals surface area contributed by atoms with Gasteiger partial charge in [-0.25, -0.2) is 4.79 Å². The molecule has 1 fully saturated rings. The van der Waals surface area contributed by atoms with Crippen LogP contribution >= 0.6 is 11.3 Å². The third kappa shape index (κ3) is 3.75. The van der Waals surface area contributed by atoms with E-state index in [4.69, 9.17) is 5.11 Å². The molecule has 6 heteroatoms. The molecule has 2 amide bonds. The normalized spacial score (nSPS) is 17.6. The van der Waals surface area contributed by atoms with Gasteiger partial charge in [0.2, 0.25) is 0 Å². The number of carbonyl (C=O) groups excluding carboxylic acids is 1. The predicted molar refractivity (Wildman–Crippen MR) is 82.4 cm³/mol. The average Bonchev–Trinajstić information content (AvgIpc) is 2.93. The van der Waals surface area contributed by atoms with Crippen molar-refractivity contribution >= 4 is 23.3 Å². The van der Waals surface area contributed by atoms with Gasteiger partial charge in [0, 0.05) is 18.5 Å². The first-order valence-corrected chi connectivity index (χ1v) is 8.07. The van der Waals surface area contributed by atoms with E-state index in [-0.39, 0.29) is 23.9 Å². The average molecular weight is 310 g/mol. The van der Waals surface area contributed by atoms with Gasteiger partial charge < -0.3 is 15.3 Å². The Morgan fingerprint density at radius 2 is 2.24 bits per heavy atom. The van der Waals surface area contributed by atoms with Crippen molar-refractivity contribution in [3.05, 3.63) is 22.4 Å². The fraction of sp³-hybridized carbons (Fsp3) is 0.600. The van der Waals surface area contributed by atoms with Crippen molar-refractivity contribution in [3.8, 4) is 0 Å². The summed E-state index contributed by atoms with van der Waals surface area (Å²) in [5.74, 6) is -0.788. The fourth-order valence-corrected chi connectivity index (χ4v) is 3.52. The summed E-state index contributed by atoms with van der Waals surface area (Å²) in [4.78, 5) is 26.0. The second kappa shape index (κ2) is 6.47. The van der Waals surface area contributed by atoms with Crippen LogP contribution in [0.15, 0.2) is 17.5 Å². The minimum Gasteiger partial charge on any atom is -0.481 e. The van der Waals surface area contributed by atoms with E-state index >= 15 is 0 Å². The number of carboxylic acids is 1. The van der Waals surface area contributed by atoms with Gasteiger partial charge in [-0.15, -0.1) is 11.3 Å². The van der Waals surface area contributed by atoms with Gasteiger partial charge in [0.15, 0.2) is 0 Å². The van der Waals surface area contributed by atoms with Crippen molar-refractivity contribution in [1.29, 1.82) is 0 Å². The number of amides is 2. The molecule has 1 saturated carbocycles. The lowest BCUT2D eigenvalue weighted by Gasteiger charge is -2.41. The number of hydrogen-bond donors (Lipinski definition) is 2. The first-order valence-electron chi connectivity index (χ1n) is 7.19. The second-order valence-corrected chi connectivity index (χ2v) is 6.86. The van der Waals surface area contributed by atoms with Gasteiger partial charge in [-0.2, -0.15) is 0 Å². The largest absolute Gasteiger partial charge is 0.481 e. The van der Waals surface area contributed by atoms with Gasteiger partial charge in [-0.1, -0.05) is 12.5 Å². The third-order valence-electron chi connectivity index (χ3n) is 4.41. The highest BCUT2D eigenvalue weighted by Gasteiger charge is 2.39. The smallest absolute Gasteiger partial charge is 0.317 e. The van der Waals surface area contributed by atoms with E-state index in [2.05, 4.69) is 5.32 Å². The van der Waals surface area contributed by atoms with E-state index in [1.54, 1.807) is 23.3 Å². The molecule has 0 bridgehead atoms. The molecule has 21 heavy (non-hydrogen) atoms. The van der Waals surface area contributed by atoms with Crippen molar-refractivity contribution in [1.82, 2.24) is 10.2 Å². The van der Waals surface area contributed by atoms with Crippen molar-refractivity contribution in [3.63, 3.8) is 0 Å². The molecular formula is C15H22N2O3S. The molecule has 2 N–H and O–H groups in total. The van der Waals surface area contributed by atoms with Gasteiger partial charge in [-0.3, -0.25) is 4.79 Å². The number of nitrogens with one attached hydrogen (secondary N) is 1. The molecule has 1 aliphatic carbocycles. The van der Waals surface area contributed by atoms with Crippen molar-refractivity contribution in [2.24, 2.45) is 5.41 Å².